The van der Waals surface area contributed by atoms with E-state index in [9.17, 15) is 4.79 Å². The summed E-state index contributed by atoms with van der Waals surface area (Å²) in [4.78, 5) is 12.4. The van der Waals surface area contributed by atoms with Crippen LogP contribution < -0.4 is 10.1 Å². The molecule has 0 aliphatic heterocycles. The Hall–Kier alpha value is -3.08. The number of carbonyl (C=O) groups excluding carboxylic acids is 1. The second-order valence-corrected chi connectivity index (χ2v) is 7.02. The molecule has 0 radical (unpaired) electrons. The molecule has 0 atom stereocenters. The van der Waals surface area contributed by atoms with Crippen molar-refractivity contribution >= 4 is 11.6 Å². The van der Waals surface area contributed by atoms with Crippen molar-refractivity contribution in [3.05, 3.63) is 65.9 Å². The zero-order valence-electron chi connectivity index (χ0n) is 16.6. The Kier molecular flexibility index (Phi) is 6.48. The van der Waals surface area contributed by atoms with Crippen molar-refractivity contribution in [1.82, 2.24) is 5.16 Å². The SMILES string of the molecule is CCCCc1ccc(NC(=O)c2cc(-c3ccc(OC(C)C)cc3)on2)cc1. The number of rotatable bonds is 8. The van der Waals surface area contributed by atoms with Crippen molar-refractivity contribution in [3.63, 3.8) is 0 Å². The zero-order valence-corrected chi connectivity index (χ0v) is 16.6. The lowest BCUT2D eigenvalue weighted by atomic mass is 10.1. The van der Waals surface area contributed by atoms with Crippen LogP contribution in [0.5, 0.6) is 5.75 Å². The van der Waals surface area contributed by atoms with Gasteiger partial charge in [-0.3, -0.25) is 4.79 Å². The average molecular weight is 378 g/mol. The molecule has 0 spiro atoms. The molecule has 0 bridgehead atoms. The summed E-state index contributed by atoms with van der Waals surface area (Å²) in [5.41, 5.74) is 3.09. The van der Waals surface area contributed by atoms with E-state index in [1.807, 2.05) is 62.4 Å². The Balaban J connectivity index is 1.63. The summed E-state index contributed by atoms with van der Waals surface area (Å²) in [5, 5.41) is 6.75. The topological polar surface area (TPSA) is 64.4 Å². The van der Waals surface area contributed by atoms with Gasteiger partial charge >= 0.3 is 0 Å². The van der Waals surface area contributed by atoms with Crippen LogP contribution in [0.25, 0.3) is 11.3 Å². The molecule has 0 aliphatic rings. The second kappa shape index (κ2) is 9.22. The van der Waals surface area contributed by atoms with Crippen LogP contribution in [0.4, 0.5) is 5.69 Å². The highest BCUT2D eigenvalue weighted by Crippen LogP contribution is 2.24. The molecule has 28 heavy (non-hydrogen) atoms. The molecular weight excluding hydrogens is 352 g/mol. The highest BCUT2D eigenvalue weighted by Gasteiger charge is 2.14. The smallest absolute Gasteiger partial charge is 0.277 e. The van der Waals surface area contributed by atoms with Gasteiger partial charge in [-0.05, 0) is 68.7 Å². The van der Waals surface area contributed by atoms with Gasteiger partial charge in [0.05, 0.1) is 6.10 Å². The minimum Gasteiger partial charge on any atom is -0.491 e. The molecule has 2 aromatic carbocycles. The van der Waals surface area contributed by atoms with Crippen molar-refractivity contribution in [2.75, 3.05) is 5.32 Å². The molecule has 146 valence electrons. The fourth-order valence-electron chi connectivity index (χ4n) is 2.82. The number of carbonyl (C=O) groups is 1. The summed E-state index contributed by atoms with van der Waals surface area (Å²) in [6.45, 7) is 6.14. The van der Waals surface area contributed by atoms with Gasteiger partial charge in [0.2, 0.25) is 0 Å². The molecule has 0 saturated carbocycles. The van der Waals surface area contributed by atoms with Crippen molar-refractivity contribution in [1.29, 1.82) is 0 Å². The van der Waals surface area contributed by atoms with E-state index >= 15 is 0 Å². The first kappa shape index (κ1) is 19.7. The molecule has 0 fully saturated rings. The van der Waals surface area contributed by atoms with Gasteiger partial charge in [0.1, 0.15) is 5.75 Å². The molecule has 1 aromatic heterocycles. The molecule has 3 aromatic rings. The van der Waals surface area contributed by atoms with Crippen molar-refractivity contribution < 1.29 is 14.1 Å². The molecule has 1 amide bonds. The van der Waals surface area contributed by atoms with Crippen LogP contribution in [-0.2, 0) is 6.42 Å². The third-order valence-electron chi connectivity index (χ3n) is 4.28. The highest BCUT2D eigenvalue weighted by molar-refractivity contribution is 6.03. The minimum atomic E-state index is -0.295. The summed E-state index contributed by atoms with van der Waals surface area (Å²) >= 11 is 0. The molecule has 0 saturated heterocycles. The van der Waals surface area contributed by atoms with Crippen LogP contribution in [-0.4, -0.2) is 17.2 Å². The Morgan fingerprint density at radius 2 is 1.82 bits per heavy atom. The van der Waals surface area contributed by atoms with E-state index in [2.05, 4.69) is 17.4 Å². The monoisotopic (exact) mass is 378 g/mol. The van der Waals surface area contributed by atoms with Crippen molar-refractivity contribution in [2.24, 2.45) is 0 Å². The van der Waals surface area contributed by atoms with E-state index in [1.54, 1.807) is 6.07 Å². The third kappa shape index (κ3) is 5.22. The number of hydrogen-bond donors (Lipinski definition) is 1. The predicted octanol–water partition coefficient (Wildman–Crippen LogP) is 5.72. The van der Waals surface area contributed by atoms with E-state index in [0.29, 0.717) is 5.76 Å². The van der Waals surface area contributed by atoms with Gasteiger partial charge in [0, 0.05) is 17.3 Å². The minimum absolute atomic E-state index is 0.118. The van der Waals surface area contributed by atoms with E-state index < -0.39 is 0 Å². The molecule has 1 heterocycles. The molecule has 5 heteroatoms. The number of nitrogens with one attached hydrogen (secondary N) is 1. The maximum absolute atomic E-state index is 12.4. The molecule has 0 aliphatic carbocycles. The van der Waals surface area contributed by atoms with Gasteiger partial charge in [0.25, 0.3) is 5.91 Å². The van der Waals surface area contributed by atoms with Crippen LogP contribution >= 0.6 is 0 Å². The summed E-state index contributed by atoms with van der Waals surface area (Å²) in [6.07, 6.45) is 3.50. The predicted molar refractivity (Wildman–Crippen MR) is 111 cm³/mol. The lowest BCUT2D eigenvalue weighted by Gasteiger charge is -2.09. The van der Waals surface area contributed by atoms with E-state index in [1.165, 1.54) is 12.0 Å². The number of nitrogens with zero attached hydrogens (tertiary/aromatic N) is 1. The van der Waals surface area contributed by atoms with Crippen LogP contribution in [0.2, 0.25) is 0 Å². The van der Waals surface area contributed by atoms with Gasteiger partial charge in [-0.1, -0.05) is 30.6 Å². The maximum atomic E-state index is 12.4. The fourth-order valence-corrected chi connectivity index (χ4v) is 2.82. The Morgan fingerprint density at radius 3 is 2.46 bits per heavy atom. The molecule has 3 rings (SSSR count). The standard InChI is InChI=1S/C23H26N2O3/c1-4-5-6-17-7-11-19(12-8-17)24-23(26)21-15-22(28-25-21)18-9-13-20(14-10-18)27-16(2)3/h7-16H,4-6H2,1-3H3,(H,24,26). The molecule has 0 unspecified atom stereocenters. The second-order valence-electron chi connectivity index (χ2n) is 7.02. The van der Waals surface area contributed by atoms with Gasteiger partial charge in [-0.2, -0.15) is 0 Å². The summed E-state index contributed by atoms with van der Waals surface area (Å²) < 4.78 is 11.0. The molecule has 5 nitrogen and oxygen atoms in total. The highest BCUT2D eigenvalue weighted by atomic mass is 16.5. The van der Waals surface area contributed by atoms with Crippen LogP contribution in [0, 0.1) is 0 Å². The Labute approximate surface area is 165 Å². The van der Waals surface area contributed by atoms with Gasteiger partial charge in [0.15, 0.2) is 11.5 Å². The number of benzene rings is 2. The Morgan fingerprint density at radius 1 is 1.11 bits per heavy atom. The lowest BCUT2D eigenvalue weighted by molar-refractivity contribution is 0.101. The largest absolute Gasteiger partial charge is 0.491 e. The van der Waals surface area contributed by atoms with Gasteiger partial charge in [-0.25, -0.2) is 0 Å². The third-order valence-corrected chi connectivity index (χ3v) is 4.28. The van der Waals surface area contributed by atoms with Crippen molar-refractivity contribution in [3.8, 4) is 17.1 Å². The van der Waals surface area contributed by atoms with E-state index in [4.69, 9.17) is 9.26 Å². The molecule has 1 N–H and O–H groups in total. The first-order valence-corrected chi connectivity index (χ1v) is 9.69. The number of unbranched alkanes of at least 4 members (excludes halogenated alkanes) is 1. The van der Waals surface area contributed by atoms with Gasteiger partial charge in [-0.15, -0.1) is 0 Å². The number of aromatic nitrogens is 1. The number of amides is 1. The quantitative estimate of drug-likeness (QED) is 0.544. The van der Waals surface area contributed by atoms with Crippen LogP contribution in [0.15, 0.2) is 59.1 Å². The van der Waals surface area contributed by atoms with E-state index in [0.717, 1.165) is 29.8 Å². The molecular formula is C23H26N2O3. The number of aryl methyl sites for hydroxylation is 1. The van der Waals surface area contributed by atoms with Gasteiger partial charge < -0.3 is 14.6 Å². The number of hydrogen-bond acceptors (Lipinski definition) is 4. The normalized spacial score (nSPS) is 10.9. The lowest BCUT2D eigenvalue weighted by Crippen LogP contribution is -2.12. The average Bonchev–Trinajstić information content (AvgIpc) is 3.18. The zero-order chi connectivity index (χ0) is 19.9. The van der Waals surface area contributed by atoms with E-state index in [-0.39, 0.29) is 17.7 Å². The summed E-state index contributed by atoms with van der Waals surface area (Å²) in [6, 6.07) is 17.1. The fraction of sp³-hybridized carbons (Fsp3) is 0.304. The maximum Gasteiger partial charge on any atom is 0.277 e. The summed E-state index contributed by atoms with van der Waals surface area (Å²) in [5.74, 6) is 1.03. The van der Waals surface area contributed by atoms with Crippen LogP contribution in [0.1, 0.15) is 49.7 Å². The number of ether oxygens (including phenoxy) is 1. The number of anilines is 1. The van der Waals surface area contributed by atoms with Crippen LogP contribution in [0.3, 0.4) is 0 Å². The first-order valence-electron chi connectivity index (χ1n) is 9.69. The van der Waals surface area contributed by atoms with Crippen molar-refractivity contribution in [2.45, 2.75) is 46.1 Å². The Bertz CT molecular complexity index is 896. The first-order chi connectivity index (χ1) is 13.5. The summed E-state index contributed by atoms with van der Waals surface area (Å²) in [7, 11) is 0.